The fourth-order valence-electron chi connectivity index (χ4n) is 2.34. The van der Waals surface area contributed by atoms with E-state index in [1.165, 1.54) is 17.6 Å². The van der Waals surface area contributed by atoms with Crippen molar-refractivity contribution in [1.29, 1.82) is 0 Å². The average Bonchev–Trinajstić information content (AvgIpc) is 3.45. The van der Waals surface area contributed by atoms with Gasteiger partial charge in [-0.1, -0.05) is 5.16 Å². The topological polar surface area (TPSA) is 109 Å². The molecule has 4 aromatic heterocycles. The second kappa shape index (κ2) is 7.54. The summed E-state index contributed by atoms with van der Waals surface area (Å²) in [7, 11) is 1.85. The molecule has 0 amide bonds. The van der Waals surface area contributed by atoms with Crippen LogP contribution in [0, 0.1) is 0 Å². The van der Waals surface area contributed by atoms with Gasteiger partial charge in [-0.25, -0.2) is 4.98 Å². The molecule has 138 valence electrons. The van der Waals surface area contributed by atoms with E-state index in [4.69, 9.17) is 13.7 Å². The molecule has 0 radical (unpaired) electrons. The lowest BCUT2D eigenvalue weighted by Gasteiger charge is -2.01. The Hall–Kier alpha value is -3.27. The molecule has 0 saturated heterocycles. The highest BCUT2D eigenvalue weighted by Gasteiger charge is 2.14. The van der Waals surface area contributed by atoms with Crippen molar-refractivity contribution in [3.05, 3.63) is 47.8 Å². The van der Waals surface area contributed by atoms with Crippen molar-refractivity contribution >= 4 is 17.3 Å². The lowest BCUT2D eigenvalue weighted by molar-refractivity contribution is -0.145. The van der Waals surface area contributed by atoms with Crippen LogP contribution in [0.15, 0.2) is 45.1 Å². The normalized spacial score (nSPS) is 11.0. The second-order valence-corrected chi connectivity index (χ2v) is 6.55. The maximum absolute atomic E-state index is 11.9. The third kappa shape index (κ3) is 4.11. The van der Waals surface area contributed by atoms with Gasteiger partial charge in [-0.2, -0.15) is 10.1 Å². The molecule has 0 N–H and O–H groups in total. The van der Waals surface area contributed by atoms with Gasteiger partial charge in [0.25, 0.3) is 0 Å². The quantitative estimate of drug-likeness (QED) is 0.447. The van der Waals surface area contributed by atoms with Crippen molar-refractivity contribution in [1.82, 2.24) is 24.9 Å². The molecule has 4 aromatic rings. The molecule has 0 aliphatic heterocycles. The van der Waals surface area contributed by atoms with Crippen LogP contribution in [0.2, 0.25) is 0 Å². The van der Waals surface area contributed by atoms with Crippen LogP contribution in [0.5, 0.6) is 0 Å². The number of carbonyl (C=O) groups excluding carboxylic acids is 1. The lowest BCUT2D eigenvalue weighted by atomic mass is 10.3. The minimum absolute atomic E-state index is 0.122. The summed E-state index contributed by atoms with van der Waals surface area (Å²) in [6.07, 6.45) is 5.59. The van der Waals surface area contributed by atoms with E-state index in [2.05, 4.69) is 20.2 Å². The first-order chi connectivity index (χ1) is 13.2. The molecule has 9 nitrogen and oxygen atoms in total. The fourth-order valence-corrected chi connectivity index (χ4v) is 3.12. The first-order valence-electron chi connectivity index (χ1n) is 8.13. The molecule has 4 heterocycles. The molecule has 0 atom stereocenters. The summed E-state index contributed by atoms with van der Waals surface area (Å²) in [6, 6.07) is 3.47. The van der Waals surface area contributed by atoms with Gasteiger partial charge in [0, 0.05) is 30.6 Å². The number of rotatable bonds is 7. The predicted octanol–water partition coefficient (Wildman–Crippen LogP) is 2.86. The molecule has 0 aliphatic rings. The highest BCUT2D eigenvalue weighted by molar-refractivity contribution is 7.13. The Morgan fingerprint density at radius 3 is 3.07 bits per heavy atom. The van der Waals surface area contributed by atoms with E-state index in [0.717, 1.165) is 10.6 Å². The Labute approximate surface area is 157 Å². The molecule has 0 bridgehead atoms. The summed E-state index contributed by atoms with van der Waals surface area (Å²) in [5, 5.41) is 10.6. The number of nitrogens with zero attached hydrogens (tertiary/aromatic N) is 5. The van der Waals surface area contributed by atoms with Crippen molar-refractivity contribution in [2.75, 3.05) is 0 Å². The van der Waals surface area contributed by atoms with E-state index in [-0.39, 0.29) is 19.0 Å². The molecule has 10 heteroatoms. The van der Waals surface area contributed by atoms with Gasteiger partial charge >= 0.3 is 5.97 Å². The van der Waals surface area contributed by atoms with Gasteiger partial charge in [0.2, 0.25) is 11.7 Å². The van der Waals surface area contributed by atoms with Gasteiger partial charge in [-0.15, -0.1) is 11.3 Å². The van der Waals surface area contributed by atoms with Crippen molar-refractivity contribution < 1.29 is 18.5 Å². The number of hydrogen-bond acceptors (Lipinski definition) is 9. The van der Waals surface area contributed by atoms with E-state index >= 15 is 0 Å². The van der Waals surface area contributed by atoms with Crippen molar-refractivity contribution in [3.63, 3.8) is 0 Å². The van der Waals surface area contributed by atoms with Gasteiger partial charge in [0.1, 0.15) is 11.6 Å². The molecule has 4 rings (SSSR count). The van der Waals surface area contributed by atoms with Crippen LogP contribution in [0.1, 0.15) is 18.0 Å². The van der Waals surface area contributed by atoms with Crippen molar-refractivity contribution in [3.8, 4) is 22.2 Å². The lowest BCUT2D eigenvalue weighted by Crippen LogP contribution is -2.06. The SMILES string of the molecule is Cn1cc(-c2nc(COC(=O)CCc3nc(-c4ccco4)no3)cs2)cn1. The van der Waals surface area contributed by atoms with E-state index in [1.54, 1.807) is 23.0 Å². The predicted molar refractivity (Wildman–Crippen MR) is 94.4 cm³/mol. The summed E-state index contributed by atoms with van der Waals surface area (Å²) in [6.45, 7) is 0.122. The molecule has 27 heavy (non-hydrogen) atoms. The highest BCUT2D eigenvalue weighted by atomic mass is 32.1. The Bertz CT molecular complexity index is 1030. The Kier molecular flexibility index (Phi) is 4.79. The monoisotopic (exact) mass is 385 g/mol. The van der Waals surface area contributed by atoms with Crippen molar-refractivity contribution in [2.24, 2.45) is 7.05 Å². The number of hydrogen-bond donors (Lipinski definition) is 0. The zero-order chi connectivity index (χ0) is 18.6. The number of esters is 1. The zero-order valence-corrected chi connectivity index (χ0v) is 15.2. The Balaban J connectivity index is 1.26. The third-order valence-corrected chi connectivity index (χ3v) is 4.58. The summed E-state index contributed by atoms with van der Waals surface area (Å²) >= 11 is 1.48. The average molecular weight is 385 g/mol. The number of aromatic nitrogens is 5. The maximum atomic E-state index is 11.9. The number of furan rings is 1. The Morgan fingerprint density at radius 2 is 2.30 bits per heavy atom. The second-order valence-electron chi connectivity index (χ2n) is 5.70. The highest BCUT2D eigenvalue weighted by Crippen LogP contribution is 2.23. The summed E-state index contributed by atoms with van der Waals surface area (Å²) < 4.78 is 17.3. The molecular formula is C17H15N5O4S. The van der Waals surface area contributed by atoms with E-state index < -0.39 is 0 Å². The molecule has 0 saturated carbocycles. The standard InChI is InChI=1S/C17H15N5O4S/c1-22-8-11(7-18-22)17-19-12(10-27-17)9-25-15(23)5-4-14-20-16(21-26-14)13-3-2-6-24-13/h2-3,6-8,10H,4-5,9H2,1H3. The summed E-state index contributed by atoms with van der Waals surface area (Å²) in [5.41, 5.74) is 1.63. The molecule has 0 fully saturated rings. The summed E-state index contributed by atoms with van der Waals surface area (Å²) in [4.78, 5) is 20.6. The summed E-state index contributed by atoms with van der Waals surface area (Å²) in [5.74, 6) is 0.865. The van der Waals surface area contributed by atoms with Crippen LogP contribution in [0.4, 0.5) is 0 Å². The minimum atomic E-state index is -0.358. The number of aryl methyl sites for hydroxylation is 2. The van der Waals surface area contributed by atoms with Crippen LogP contribution in [0.3, 0.4) is 0 Å². The number of carbonyl (C=O) groups is 1. The maximum Gasteiger partial charge on any atom is 0.306 e. The minimum Gasteiger partial charge on any atom is -0.461 e. The van der Waals surface area contributed by atoms with Crippen molar-refractivity contribution in [2.45, 2.75) is 19.4 Å². The Morgan fingerprint density at radius 1 is 1.37 bits per heavy atom. The van der Waals surface area contributed by atoms with Gasteiger partial charge < -0.3 is 13.7 Å². The van der Waals surface area contributed by atoms with Gasteiger partial charge in [-0.05, 0) is 12.1 Å². The van der Waals surface area contributed by atoms with Gasteiger partial charge in [-0.3, -0.25) is 9.48 Å². The largest absolute Gasteiger partial charge is 0.461 e. The first-order valence-corrected chi connectivity index (χ1v) is 9.01. The molecule has 0 unspecified atom stereocenters. The van der Waals surface area contributed by atoms with E-state index in [0.29, 0.717) is 29.6 Å². The molecule has 0 aromatic carbocycles. The molecule has 0 aliphatic carbocycles. The fraction of sp³-hybridized carbons (Fsp3) is 0.235. The smallest absolute Gasteiger partial charge is 0.306 e. The van der Waals surface area contributed by atoms with Gasteiger partial charge in [0.15, 0.2) is 5.76 Å². The zero-order valence-electron chi connectivity index (χ0n) is 14.4. The van der Waals surface area contributed by atoms with Crippen LogP contribution in [-0.2, 0) is 29.6 Å². The van der Waals surface area contributed by atoms with Crippen LogP contribution >= 0.6 is 11.3 Å². The van der Waals surface area contributed by atoms with Gasteiger partial charge in [0.05, 0.1) is 24.6 Å². The van der Waals surface area contributed by atoms with Crippen LogP contribution in [0.25, 0.3) is 22.2 Å². The third-order valence-electron chi connectivity index (χ3n) is 3.64. The first kappa shape index (κ1) is 17.2. The number of thiazole rings is 1. The van der Waals surface area contributed by atoms with E-state index in [1.807, 2.05) is 18.6 Å². The van der Waals surface area contributed by atoms with Crippen LogP contribution < -0.4 is 0 Å². The van der Waals surface area contributed by atoms with E-state index in [9.17, 15) is 4.79 Å². The molecule has 0 spiro atoms. The molecular weight excluding hydrogens is 370 g/mol. The van der Waals surface area contributed by atoms with Crippen LogP contribution in [-0.4, -0.2) is 30.9 Å². The number of ether oxygens (including phenoxy) is 1.